The van der Waals surface area contributed by atoms with E-state index in [2.05, 4.69) is 73.2 Å². The first-order valence-electron chi connectivity index (χ1n) is 26.8. The summed E-state index contributed by atoms with van der Waals surface area (Å²) in [6, 6.07) is 29.0. The number of carbonyl (C=O) groups is 2. The number of carbonyl (C=O) groups excluding carboxylic acids is 2. The lowest BCUT2D eigenvalue weighted by atomic mass is 9.59. The molecule has 2 aliphatic heterocycles. The van der Waals surface area contributed by atoms with Crippen molar-refractivity contribution in [3.8, 4) is 17.2 Å². The Morgan fingerprint density at radius 1 is 0.922 bits per heavy atom. The molecule has 1 atom stereocenters. The number of pyridine rings is 1. The van der Waals surface area contributed by atoms with Gasteiger partial charge in [0.25, 0.3) is 21.6 Å². The molecule has 18 nitrogen and oxygen atoms in total. The van der Waals surface area contributed by atoms with E-state index < -0.39 is 37.0 Å². The highest BCUT2D eigenvalue weighted by molar-refractivity contribution is 7.90. The predicted octanol–water partition coefficient (Wildman–Crippen LogP) is 9.88. The molecule has 2 saturated heterocycles. The van der Waals surface area contributed by atoms with Crippen LogP contribution in [0.3, 0.4) is 0 Å². The molecule has 2 aliphatic carbocycles. The van der Waals surface area contributed by atoms with Crippen LogP contribution in [0.4, 0.5) is 21.9 Å². The van der Waals surface area contributed by atoms with Crippen molar-refractivity contribution in [2.45, 2.75) is 107 Å². The number of benzene rings is 4. The van der Waals surface area contributed by atoms with Crippen molar-refractivity contribution >= 4 is 50.1 Å². The first-order valence-corrected chi connectivity index (χ1v) is 28.3. The zero-order valence-corrected chi connectivity index (χ0v) is 45.0. The van der Waals surface area contributed by atoms with Crippen molar-refractivity contribution < 1.29 is 37.5 Å². The average Bonchev–Trinajstić information content (AvgIpc) is 3.89. The molecule has 10 rings (SSSR count). The molecule has 2 aromatic heterocycles. The lowest BCUT2D eigenvalue weighted by molar-refractivity contribution is -0.384. The summed E-state index contributed by atoms with van der Waals surface area (Å²) in [7, 11) is -2.97. The van der Waals surface area contributed by atoms with Crippen molar-refractivity contribution in [3.05, 3.63) is 142 Å². The highest BCUT2D eigenvalue weighted by Crippen LogP contribution is 2.53. The second kappa shape index (κ2) is 22.0. The number of urea groups is 1. The number of methoxy groups -OCH3 is 1. The highest BCUT2D eigenvalue weighted by atomic mass is 32.2. The van der Waals surface area contributed by atoms with Crippen LogP contribution < -0.4 is 29.7 Å². The number of rotatable bonds is 16. The number of sulfonamides is 1. The number of hydrogen-bond acceptors (Lipinski definition) is 13. The first kappa shape index (κ1) is 53.2. The SMILES string of the molecule is COc1ccc(CNC(=O)N2CCN(C3CC4(CCN(c5ccc(C(=O)NS(=O)(=O)c6ccc(NC[C@H]7CC[C@](C)(O)CC7)c([N+](=O)[O-])c6)c(Oc6cnc7[nH]ccc7c6)c5)CC4)C3)C(c3ccccc3C(C)C)C2)cc1. The van der Waals surface area contributed by atoms with E-state index in [1.807, 2.05) is 42.2 Å². The number of anilines is 2. The minimum atomic E-state index is -4.61. The van der Waals surface area contributed by atoms with Gasteiger partial charge in [-0.1, -0.05) is 50.2 Å². The molecular formula is C58H69N9O9S. The molecule has 4 aliphatic rings. The summed E-state index contributed by atoms with van der Waals surface area (Å²) in [4.78, 5) is 53.4. The molecule has 1 unspecified atom stereocenters. The molecule has 19 heteroatoms. The summed E-state index contributed by atoms with van der Waals surface area (Å²) in [5.41, 5.74) is 4.14. The number of piperidine rings is 1. The lowest BCUT2D eigenvalue weighted by Gasteiger charge is -2.58. The number of nitro benzene ring substituents is 1. The number of amides is 3. The molecule has 1 spiro atoms. The van der Waals surface area contributed by atoms with Gasteiger partial charge in [-0.25, -0.2) is 22.9 Å². The zero-order chi connectivity index (χ0) is 54.1. The number of aliphatic hydroxyl groups is 1. The molecule has 6 aromatic rings. The number of ether oxygens (including phenoxy) is 2. The Morgan fingerprint density at radius 2 is 1.68 bits per heavy atom. The molecule has 5 N–H and O–H groups in total. The van der Waals surface area contributed by atoms with E-state index in [1.165, 1.54) is 29.5 Å². The van der Waals surface area contributed by atoms with E-state index in [1.54, 1.807) is 37.6 Å². The molecule has 4 fully saturated rings. The zero-order valence-electron chi connectivity index (χ0n) is 44.2. The van der Waals surface area contributed by atoms with Gasteiger partial charge < -0.3 is 40.0 Å². The quantitative estimate of drug-likeness (QED) is 0.0450. The van der Waals surface area contributed by atoms with E-state index >= 15 is 0 Å². The Kier molecular flexibility index (Phi) is 15.2. The van der Waals surface area contributed by atoms with Crippen LogP contribution in [0, 0.1) is 21.4 Å². The van der Waals surface area contributed by atoms with Crippen LogP contribution in [0.1, 0.15) is 111 Å². The van der Waals surface area contributed by atoms with E-state index in [-0.39, 0.29) is 40.4 Å². The molecule has 4 heterocycles. The topological polar surface area (TPSA) is 225 Å². The monoisotopic (exact) mass is 1070 g/mol. The third-order valence-electron chi connectivity index (χ3n) is 16.6. The van der Waals surface area contributed by atoms with Gasteiger partial charge in [0.2, 0.25) is 0 Å². The third kappa shape index (κ3) is 11.9. The van der Waals surface area contributed by atoms with Gasteiger partial charge in [0.1, 0.15) is 28.6 Å². The van der Waals surface area contributed by atoms with E-state index in [0.29, 0.717) is 62.4 Å². The standard InChI is InChI=1S/C58H69N9O9S/c1-38(2)47-7-5-6-8-48(47)52-37-65(56(69)62-35-39-9-12-44(75-4)13-10-39)27-28-66(52)43-32-58(33-43)22-25-64(26-23-58)42-11-15-49(53(30-42)76-45-29-41-19-24-59-54(41)61-36-45)55(68)63-77(73,74)46-14-16-50(51(31-46)67(71)72)60-34-40-17-20-57(3,70)21-18-40/h5-16,19,24,29-31,36,38,40,43,52,60,70H,17-18,20-23,25-28,32-35,37H2,1-4H3,(H,59,61)(H,62,69)(H,63,68)/t40-,52?,57-. The first-order chi connectivity index (χ1) is 36.9. The minimum absolute atomic E-state index is 0.0489. The number of nitrogens with one attached hydrogen (secondary N) is 4. The molecule has 0 bridgehead atoms. The van der Waals surface area contributed by atoms with Gasteiger partial charge in [-0.15, -0.1) is 0 Å². The van der Waals surface area contributed by atoms with Crippen LogP contribution in [-0.4, -0.2) is 108 Å². The third-order valence-corrected chi connectivity index (χ3v) is 17.9. The lowest BCUT2D eigenvalue weighted by Crippen LogP contribution is -2.61. The molecule has 3 amide bonds. The van der Waals surface area contributed by atoms with Crippen molar-refractivity contribution in [2.75, 3.05) is 56.6 Å². The number of aromatic amines is 1. The van der Waals surface area contributed by atoms with Crippen molar-refractivity contribution in [2.24, 2.45) is 11.3 Å². The fourth-order valence-corrected chi connectivity index (χ4v) is 12.9. The van der Waals surface area contributed by atoms with Crippen LogP contribution in [0.25, 0.3) is 11.0 Å². The Morgan fingerprint density at radius 3 is 2.40 bits per heavy atom. The number of H-pyrrole nitrogens is 1. The molecule has 77 heavy (non-hydrogen) atoms. The van der Waals surface area contributed by atoms with E-state index in [0.717, 1.165) is 86.6 Å². The van der Waals surface area contributed by atoms with Gasteiger partial charge in [-0.3, -0.25) is 19.8 Å². The summed E-state index contributed by atoms with van der Waals surface area (Å²) in [6.07, 6.45) is 10.1. The van der Waals surface area contributed by atoms with Crippen molar-refractivity contribution in [1.29, 1.82) is 0 Å². The van der Waals surface area contributed by atoms with Gasteiger partial charge in [-0.2, -0.15) is 0 Å². The van der Waals surface area contributed by atoms with Crippen LogP contribution in [0.2, 0.25) is 0 Å². The Bertz CT molecular complexity index is 3230. The molecule has 0 radical (unpaired) electrons. The second-order valence-electron chi connectivity index (χ2n) is 22.1. The van der Waals surface area contributed by atoms with Gasteiger partial charge >= 0.3 is 6.03 Å². The molecule has 406 valence electrons. The normalized spacial score (nSPS) is 20.9. The number of nitrogens with zero attached hydrogens (tertiary/aromatic N) is 5. The summed E-state index contributed by atoms with van der Waals surface area (Å²) < 4.78 is 41.6. The fourth-order valence-electron chi connectivity index (χ4n) is 11.9. The van der Waals surface area contributed by atoms with Crippen molar-refractivity contribution in [1.82, 2.24) is 29.8 Å². The van der Waals surface area contributed by atoms with Gasteiger partial charge in [0.05, 0.1) is 40.3 Å². The summed E-state index contributed by atoms with van der Waals surface area (Å²) in [5.74, 6) is 0.770. The largest absolute Gasteiger partial charge is 0.497 e. The summed E-state index contributed by atoms with van der Waals surface area (Å²) >= 11 is 0. The van der Waals surface area contributed by atoms with Crippen LogP contribution >= 0.6 is 0 Å². The Hall–Kier alpha value is -7.22. The number of nitro groups is 1. The number of piperazine rings is 1. The number of hydrogen-bond donors (Lipinski definition) is 5. The van der Waals surface area contributed by atoms with E-state index in [4.69, 9.17) is 9.47 Å². The average molecular weight is 1070 g/mol. The maximum atomic E-state index is 14.1. The summed E-state index contributed by atoms with van der Waals surface area (Å²) in [6.45, 7) is 10.6. The van der Waals surface area contributed by atoms with Gasteiger partial charge in [-0.05, 0) is 141 Å². The van der Waals surface area contributed by atoms with E-state index in [9.17, 15) is 33.2 Å². The maximum absolute atomic E-state index is 14.1. The van der Waals surface area contributed by atoms with Crippen LogP contribution in [0.5, 0.6) is 17.2 Å². The smallest absolute Gasteiger partial charge is 0.317 e. The molecular weight excluding hydrogens is 999 g/mol. The highest BCUT2D eigenvalue weighted by Gasteiger charge is 2.50. The number of aromatic nitrogens is 2. The second-order valence-corrected chi connectivity index (χ2v) is 23.8. The minimum Gasteiger partial charge on any atom is -0.497 e. The van der Waals surface area contributed by atoms with Crippen molar-refractivity contribution in [3.63, 3.8) is 0 Å². The molecule has 4 aromatic carbocycles. The van der Waals surface area contributed by atoms with Crippen LogP contribution in [-0.2, 0) is 16.6 Å². The summed E-state index contributed by atoms with van der Waals surface area (Å²) in [5, 5.41) is 29.6. The maximum Gasteiger partial charge on any atom is 0.317 e. The Balaban J connectivity index is 0.819. The Labute approximate surface area is 449 Å². The number of fused-ring (bicyclic) bond motifs is 1. The van der Waals surface area contributed by atoms with Gasteiger partial charge in [0, 0.05) is 81.3 Å². The molecule has 2 saturated carbocycles. The van der Waals surface area contributed by atoms with Gasteiger partial charge in [0.15, 0.2) is 0 Å². The van der Waals surface area contributed by atoms with Crippen LogP contribution in [0.15, 0.2) is 114 Å². The predicted molar refractivity (Wildman–Crippen MR) is 295 cm³/mol. The fraction of sp³-hybridized carbons (Fsp3) is 0.431.